The van der Waals surface area contributed by atoms with Crippen LogP contribution in [0.3, 0.4) is 0 Å². The van der Waals surface area contributed by atoms with Gasteiger partial charge in [0.15, 0.2) is 0 Å². The Morgan fingerprint density at radius 2 is 1.62 bits per heavy atom. The van der Waals surface area contributed by atoms with Gasteiger partial charge in [0.1, 0.15) is 5.54 Å². The van der Waals surface area contributed by atoms with Gasteiger partial charge in [-0.3, -0.25) is 14.9 Å². The first-order chi connectivity index (χ1) is 9.62. The molecule has 0 aromatic rings. The third kappa shape index (κ3) is 1.80. The zero-order valence-corrected chi connectivity index (χ0v) is 13.1. The van der Waals surface area contributed by atoms with Crippen molar-refractivity contribution in [1.29, 1.82) is 0 Å². The maximum Gasteiger partial charge on any atom is 0.322 e. The van der Waals surface area contributed by atoms with Crippen LogP contribution < -0.4 is 10.6 Å². The molecule has 21 heavy (non-hydrogen) atoms. The van der Waals surface area contributed by atoms with Gasteiger partial charge in [-0.25, -0.2) is 4.79 Å². The molecule has 1 aliphatic carbocycles. The van der Waals surface area contributed by atoms with Crippen LogP contribution in [0.1, 0.15) is 40.5 Å². The van der Waals surface area contributed by atoms with Gasteiger partial charge in [0.25, 0.3) is 5.91 Å². The molecule has 3 aliphatic rings. The lowest BCUT2D eigenvalue weighted by Gasteiger charge is -2.37. The lowest BCUT2D eigenvalue weighted by Crippen LogP contribution is -2.56. The van der Waals surface area contributed by atoms with E-state index < -0.39 is 11.6 Å². The third-order valence-corrected chi connectivity index (χ3v) is 6.21. The molecule has 0 atom stereocenters. The van der Waals surface area contributed by atoms with Crippen LogP contribution in [-0.2, 0) is 9.59 Å². The molecule has 4 amide bonds. The number of carbonyl (C=O) groups excluding carboxylic acids is 3. The molecule has 6 heteroatoms. The van der Waals surface area contributed by atoms with Crippen molar-refractivity contribution < 1.29 is 14.4 Å². The summed E-state index contributed by atoms with van der Waals surface area (Å²) in [6, 6.07) is -0.427. The third-order valence-electron chi connectivity index (χ3n) is 6.21. The molecule has 0 aromatic carbocycles. The minimum Gasteiger partial charge on any atom is -0.342 e. The van der Waals surface area contributed by atoms with Gasteiger partial charge in [-0.1, -0.05) is 27.7 Å². The van der Waals surface area contributed by atoms with Crippen LogP contribution in [0, 0.1) is 16.7 Å². The van der Waals surface area contributed by atoms with E-state index in [1.54, 1.807) is 0 Å². The number of rotatable bonds is 1. The fraction of sp³-hybridized carbons (Fsp3) is 0.800. The minimum atomic E-state index is -0.803. The Morgan fingerprint density at radius 3 is 2.00 bits per heavy atom. The number of piperidine rings is 1. The molecule has 0 unspecified atom stereocenters. The van der Waals surface area contributed by atoms with Crippen molar-refractivity contribution >= 4 is 17.8 Å². The number of nitrogens with zero attached hydrogens (tertiary/aromatic N) is 1. The van der Waals surface area contributed by atoms with Crippen LogP contribution in [0.5, 0.6) is 0 Å². The van der Waals surface area contributed by atoms with Gasteiger partial charge in [0, 0.05) is 19.0 Å². The van der Waals surface area contributed by atoms with Crippen molar-refractivity contribution in [3.8, 4) is 0 Å². The van der Waals surface area contributed by atoms with E-state index in [0.29, 0.717) is 25.9 Å². The Balaban J connectivity index is 1.66. The number of hydrogen-bond donors (Lipinski definition) is 2. The zero-order chi connectivity index (χ0) is 15.6. The molecule has 2 aliphatic heterocycles. The summed E-state index contributed by atoms with van der Waals surface area (Å²) in [5.74, 6) is -0.0256. The highest BCUT2D eigenvalue weighted by Gasteiger charge is 2.69. The molecule has 1 saturated carbocycles. The second-order valence-electron chi connectivity index (χ2n) is 7.69. The topological polar surface area (TPSA) is 78.5 Å². The summed E-state index contributed by atoms with van der Waals surface area (Å²) in [6.07, 6.45) is 0.980. The second kappa shape index (κ2) is 3.99. The van der Waals surface area contributed by atoms with Gasteiger partial charge in [-0.05, 0) is 23.7 Å². The highest BCUT2D eigenvalue weighted by atomic mass is 16.2. The van der Waals surface area contributed by atoms with Gasteiger partial charge >= 0.3 is 6.03 Å². The van der Waals surface area contributed by atoms with Crippen LogP contribution in [0.25, 0.3) is 0 Å². The number of carbonyl (C=O) groups is 3. The van der Waals surface area contributed by atoms with E-state index in [4.69, 9.17) is 0 Å². The number of amides is 4. The molecule has 0 bridgehead atoms. The average Bonchev–Trinajstić information content (AvgIpc) is 2.62. The molecule has 116 valence electrons. The smallest absolute Gasteiger partial charge is 0.322 e. The average molecular weight is 293 g/mol. The predicted molar refractivity (Wildman–Crippen MR) is 76.3 cm³/mol. The van der Waals surface area contributed by atoms with Crippen molar-refractivity contribution in [2.24, 2.45) is 16.7 Å². The van der Waals surface area contributed by atoms with Gasteiger partial charge in [-0.2, -0.15) is 0 Å². The Labute approximate surface area is 124 Å². The molecule has 0 radical (unpaired) electrons. The van der Waals surface area contributed by atoms with E-state index in [9.17, 15) is 14.4 Å². The van der Waals surface area contributed by atoms with Crippen molar-refractivity contribution in [2.75, 3.05) is 13.1 Å². The van der Waals surface area contributed by atoms with Crippen molar-refractivity contribution in [3.05, 3.63) is 0 Å². The van der Waals surface area contributed by atoms with Crippen LogP contribution in [-0.4, -0.2) is 41.4 Å². The first-order valence-electron chi connectivity index (χ1n) is 7.54. The molecule has 3 rings (SSSR count). The summed E-state index contributed by atoms with van der Waals surface area (Å²) < 4.78 is 0. The van der Waals surface area contributed by atoms with E-state index in [0.717, 1.165) is 0 Å². The number of nitrogens with one attached hydrogen (secondary N) is 2. The Bertz CT molecular complexity index is 516. The van der Waals surface area contributed by atoms with Crippen LogP contribution in [0.4, 0.5) is 4.79 Å². The largest absolute Gasteiger partial charge is 0.342 e. The van der Waals surface area contributed by atoms with Gasteiger partial charge in [-0.15, -0.1) is 0 Å². The van der Waals surface area contributed by atoms with Crippen molar-refractivity contribution in [1.82, 2.24) is 15.5 Å². The number of hydrogen-bond acceptors (Lipinski definition) is 3. The van der Waals surface area contributed by atoms with Crippen molar-refractivity contribution in [3.63, 3.8) is 0 Å². The van der Waals surface area contributed by atoms with Gasteiger partial charge in [0.05, 0.1) is 0 Å². The summed E-state index contributed by atoms with van der Waals surface area (Å²) in [7, 11) is 0. The molecule has 2 saturated heterocycles. The molecule has 0 aromatic heterocycles. The molecule has 2 heterocycles. The minimum absolute atomic E-state index is 0.0260. The molecule has 1 spiro atoms. The standard InChI is InChI=1S/C15H23N3O3/c1-13(2)9(14(13,3)4)10(19)18-7-5-15(6-8-18)11(20)16-12(21)17-15/h9H,5-8H2,1-4H3,(H2,16,17,20,21). The summed E-state index contributed by atoms with van der Waals surface area (Å²) in [6.45, 7) is 9.57. The van der Waals surface area contributed by atoms with Crippen LogP contribution >= 0.6 is 0 Å². The van der Waals surface area contributed by atoms with Crippen molar-refractivity contribution in [2.45, 2.75) is 46.1 Å². The monoisotopic (exact) mass is 293 g/mol. The van der Waals surface area contributed by atoms with Gasteiger partial charge in [0.2, 0.25) is 5.91 Å². The summed E-state index contributed by atoms with van der Waals surface area (Å²) in [5, 5.41) is 5.01. The number of urea groups is 1. The quantitative estimate of drug-likeness (QED) is 0.704. The number of imide groups is 1. The van der Waals surface area contributed by atoms with E-state index in [1.807, 2.05) is 4.90 Å². The number of likely N-dealkylation sites (tertiary alicyclic amines) is 1. The lowest BCUT2D eigenvalue weighted by molar-refractivity contribution is -0.138. The first-order valence-corrected chi connectivity index (χ1v) is 7.54. The van der Waals surface area contributed by atoms with Gasteiger partial charge < -0.3 is 10.2 Å². The highest BCUT2D eigenvalue weighted by Crippen LogP contribution is 2.68. The Kier molecular flexibility index (Phi) is 2.72. The second-order valence-corrected chi connectivity index (χ2v) is 7.69. The summed E-state index contributed by atoms with van der Waals surface area (Å²) >= 11 is 0. The SMILES string of the molecule is CC1(C)C(C(=O)N2CCC3(CC2)NC(=O)NC3=O)C1(C)C. The maximum atomic E-state index is 12.7. The Hall–Kier alpha value is -1.59. The van der Waals surface area contributed by atoms with Crippen LogP contribution in [0.2, 0.25) is 0 Å². The van der Waals surface area contributed by atoms with E-state index in [2.05, 4.69) is 38.3 Å². The maximum absolute atomic E-state index is 12.7. The van der Waals surface area contributed by atoms with Crippen LogP contribution in [0.15, 0.2) is 0 Å². The molecular weight excluding hydrogens is 270 g/mol. The van der Waals surface area contributed by atoms with E-state index >= 15 is 0 Å². The highest BCUT2D eigenvalue weighted by molar-refractivity contribution is 6.07. The summed E-state index contributed by atoms with van der Waals surface area (Å²) in [4.78, 5) is 37.7. The Morgan fingerprint density at radius 1 is 1.10 bits per heavy atom. The molecular formula is C15H23N3O3. The molecule has 6 nitrogen and oxygen atoms in total. The van der Waals surface area contributed by atoms with E-state index in [1.165, 1.54) is 0 Å². The molecule has 2 N–H and O–H groups in total. The fourth-order valence-electron chi connectivity index (χ4n) is 3.99. The zero-order valence-electron chi connectivity index (χ0n) is 13.1. The fourth-order valence-corrected chi connectivity index (χ4v) is 3.99. The normalized spacial score (nSPS) is 29.2. The molecule has 3 fully saturated rings. The van der Waals surface area contributed by atoms with E-state index in [-0.39, 0.29) is 28.6 Å². The first kappa shape index (κ1) is 14.4. The lowest BCUT2D eigenvalue weighted by atomic mass is 9.87. The summed E-state index contributed by atoms with van der Waals surface area (Å²) in [5.41, 5.74) is -0.751. The predicted octanol–water partition coefficient (Wildman–Crippen LogP) is 0.869.